The lowest BCUT2D eigenvalue weighted by molar-refractivity contribution is 0.271. The van der Waals surface area contributed by atoms with Crippen molar-refractivity contribution in [3.8, 4) is 29.7 Å². The highest BCUT2D eigenvalue weighted by molar-refractivity contribution is 5.62. The molecule has 0 spiro atoms. The molecule has 0 saturated carbocycles. The maximum absolute atomic E-state index is 10.3. The van der Waals surface area contributed by atoms with E-state index in [1.54, 1.807) is 7.11 Å². The van der Waals surface area contributed by atoms with Crippen LogP contribution in [-0.2, 0) is 6.61 Å². The van der Waals surface area contributed by atoms with Crippen molar-refractivity contribution in [1.29, 1.82) is 15.8 Å². The number of ether oxygens (including phenoxy) is 2. The lowest BCUT2D eigenvalue weighted by Gasteiger charge is -2.43. The van der Waals surface area contributed by atoms with Gasteiger partial charge in [0.2, 0.25) is 0 Å². The van der Waals surface area contributed by atoms with Gasteiger partial charge >= 0.3 is 0 Å². The highest BCUT2D eigenvalue weighted by Crippen LogP contribution is 2.58. The number of hydrogen-bond acceptors (Lipinski definition) is 6. The minimum absolute atomic E-state index is 0.0173. The van der Waals surface area contributed by atoms with Gasteiger partial charge in [-0.25, -0.2) is 0 Å². The summed E-state index contributed by atoms with van der Waals surface area (Å²) in [5, 5.41) is 30.5. The fourth-order valence-corrected chi connectivity index (χ4v) is 5.91. The van der Waals surface area contributed by atoms with Gasteiger partial charge in [-0.3, -0.25) is 0 Å². The lowest BCUT2D eigenvalue weighted by atomic mass is 9.56. The van der Waals surface area contributed by atoms with Crippen molar-refractivity contribution in [3.05, 3.63) is 81.1 Å². The van der Waals surface area contributed by atoms with Crippen molar-refractivity contribution in [2.75, 3.05) is 7.11 Å². The summed E-state index contributed by atoms with van der Waals surface area (Å²) in [7, 11) is 1.56. The van der Waals surface area contributed by atoms with Gasteiger partial charge in [-0.1, -0.05) is 35.9 Å². The molecule has 0 aromatic heterocycles. The van der Waals surface area contributed by atoms with Crippen LogP contribution in [0, 0.1) is 66.1 Å². The summed E-state index contributed by atoms with van der Waals surface area (Å²) in [6.07, 6.45) is 4.51. The molecule has 0 radical (unpaired) electrons. The number of hydrogen-bond donors (Lipinski definition) is 1. The Morgan fingerprint density at radius 1 is 1.08 bits per heavy atom. The van der Waals surface area contributed by atoms with Gasteiger partial charge in [0.15, 0.2) is 16.9 Å². The van der Waals surface area contributed by atoms with E-state index in [-0.39, 0.29) is 17.2 Å². The topological polar surface area (TPSA) is 116 Å². The second-order valence-corrected chi connectivity index (χ2v) is 9.65. The molecule has 2 N–H and O–H groups in total. The molecule has 6 nitrogen and oxygen atoms in total. The molecule has 2 aliphatic carbocycles. The smallest absolute Gasteiger partial charge is 0.191 e. The summed E-state index contributed by atoms with van der Waals surface area (Å²) in [6, 6.07) is 16.4. The van der Waals surface area contributed by atoms with Crippen molar-refractivity contribution in [3.63, 3.8) is 0 Å². The molecular formula is C30H30N4O2. The molecule has 0 aliphatic heterocycles. The molecule has 2 atom stereocenters. The van der Waals surface area contributed by atoms with Gasteiger partial charge in [0.05, 0.1) is 30.5 Å². The number of para-hydroxylation sites is 1. The number of aryl methyl sites for hydroxylation is 3. The van der Waals surface area contributed by atoms with Crippen molar-refractivity contribution in [1.82, 2.24) is 0 Å². The lowest BCUT2D eigenvalue weighted by Crippen LogP contribution is -2.42. The quantitative estimate of drug-likeness (QED) is 0.581. The molecule has 0 bridgehead atoms. The van der Waals surface area contributed by atoms with Crippen LogP contribution < -0.4 is 15.2 Å². The van der Waals surface area contributed by atoms with Crippen LogP contribution in [0.3, 0.4) is 0 Å². The molecule has 0 fully saturated rings. The number of nitrogens with two attached hydrogens (primary N) is 1. The molecular weight excluding hydrogens is 448 g/mol. The molecule has 4 rings (SSSR count). The van der Waals surface area contributed by atoms with Gasteiger partial charge in [0, 0.05) is 11.5 Å². The van der Waals surface area contributed by atoms with Crippen molar-refractivity contribution < 1.29 is 9.47 Å². The van der Waals surface area contributed by atoms with E-state index in [9.17, 15) is 15.8 Å². The van der Waals surface area contributed by atoms with E-state index in [1.807, 2.05) is 24.3 Å². The van der Waals surface area contributed by atoms with Crippen LogP contribution in [0.4, 0.5) is 0 Å². The van der Waals surface area contributed by atoms with Gasteiger partial charge in [0.25, 0.3) is 0 Å². The van der Waals surface area contributed by atoms with Crippen LogP contribution in [0.5, 0.6) is 11.5 Å². The van der Waals surface area contributed by atoms with E-state index in [0.29, 0.717) is 23.7 Å². The monoisotopic (exact) mass is 478 g/mol. The van der Waals surface area contributed by atoms with Gasteiger partial charge in [0.1, 0.15) is 12.7 Å². The Morgan fingerprint density at radius 3 is 2.39 bits per heavy atom. The second-order valence-electron chi connectivity index (χ2n) is 9.65. The van der Waals surface area contributed by atoms with Gasteiger partial charge in [-0.15, -0.1) is 0 Å². The molecule has 36 heavy (non-hydrogen) atoms. The standard InChI is InChI=1S/C30H30N4O2/c1-18-12-19(2)25(20(3)13-18)15-36-26-11-7-10-23(28(26)35-4)27-22-9-6-5-8-21(22)24(14-31)29(34)30(27,16-32)17-33/h7-8,10-13,22,27H,5-6,9,15,34H2,1-4H3. The van der Waals surface area contributed by atoms with E-state index in [4.69, 9.17) is 15.2 Å². The Balaban J connectivity index is 1.84. The summed E-state index contributed by atoms with van der Waals surface area (Å²) >= 11 is 0. The number of nitriles is 3. The number of fused-ring (bicyclic) bond motifs is 1. The maximum Gasteiger partial charge on any atom is 0.191 e. The molecule has 2 unspecified atom stereocenters. The van der Waals surface area contributed by atoms with Crippen LogP contribution in [0.2, 0.25) is 0 Å². The van der Waals surface area contributed by atoms with E-state index < -0.39 is 11.3 Å². The predicted molar refractivity (Wildman–Crippen MR) is 137 cm³/mol. The van der Waals surface area contributed by atoms with E-state index in [1.165, 1.54) is 5.56 Å². The Bertz CT molecular complexity index is 1360. The van der Waals surface area contributed by atoms with E-state index >= 15 is 0 Å². The fourth-order valence-electron chi connectivity index (χ4n) is 5.91. The first kappa shape index (κ1) is 24.9. The zero-order valence-electron chi connectivity index (χ0n) is 21.2. The first-order valence-corrected chi connectivity index (χ1v) is 12.1. The van der Waals surface area contributed by atoms with Gasteiger partial charge in [-0.05, 0) is 74.3 Å². The molecule has 2 aliphatic rings. The number of nitrogens with zero attached hydrogens (tertiary/aromatic N) is 3. The number of benzene rings is 2. The van der Waals surface area contributed by atoms with Crippen LogP contribution in [0.1, 0.15) is 53.0 Å². The number of rotatable bonds is 5. The van der Waals surface area contributed by atoms with Gasteiger partial charge in [-0.2, -0.15) is 15.8 Å². The molecule has 6 heteroatoms. The number of methoxy groups -OCH3 is 1. The summed E-state index contributed by atoms with van der Waals surface area (Å²) in [6.45, 7) is 6.58. The van der Waals surface area contributed by atoms with Crippen LogP contribution in [0.25, 0.3) is 0 Å². The largest absolute Gasteiger partial charge is 0.493 e. The fraction of sp³-hybridized carbons (Fsp3) is 0.367. The first-order chi connectivity index (χ1) is 17.3. The van der Waals surface area contributed by atoms with Crippen molar-refractivity contribution in [2.24, 2.45) is 17.1 Å². The minimum Gasteiger partial charge on any atom is -0.493 e. The highest BCUT2D eigenvalue weighted by Gasteiger charge is 2.54. The second kappa shape index (κ2) is 9.80. The molecule has 182 valence electrons. The third-order valence-corrected chi connectivity index (χ3v) is 7.56. The minimum atomic E-state index is -1.69. The molecule has 0 amide bonds. The third kappa shape index (κ3) is 3.88. The zero-order chi connectivity index (χ0) is 26.0. The van der Waals surface area contributed by atoms with Crippen LogP contribution in [-0.4, -0.2) is 7.11 Å². The number of allylic oxidation sites excluding steroid dienone is 4. The SMILES string of the molecule is COc1c(OCc2c(C)cc(C)cc2C)cccc1C1C2CCCC=C2C(C#N)=C(N)C1(C#N)C#N. The Kier molecular flexibility index (Phi) is 6.78. The average molecular weight is 479 g/mol. The summed E-state index contributed by atoms with van der Waals surface area (Å²) < 4.78 is 12.1. The van der Waals surface area contributed by atoms with E-state index in [0.717, 1.165) is 41.5 Å². The summed E-state index contributed by atoms with van der Waals surface area (Å²) in [4.78, 5) is 0. The van der Waals surface area contributed by atoms with Crippen LogP contribution >= 0.6 is 0 Å². The molecule has 0 saturated heterocycles. The predicted octanol–water partition coefficient (Wildman–Crippen LogP) is 5.79. The van der Waals surface area contributed by atoms with Crippen molar-refractivity contribution in [2.45, 2.75) is 52.6 Å². The normalized spacial score (nSPS) is 20.3. The highest BCUT2D eigenvalue weighted by atomic mass is 16.5. The first-order valence-electron chi connectivity index (χ1n) is 12.1. The molecule has 0 heterocycles. The Labute approximate surface area is 212 Å². The average Bonchev–Trinajstić information content (AvgIpc) is 2.87. The third-order valence-electron chi connectivity index (χ3n) is 7.56. The Morgan fingerprint density at radius 2 is 1.78 bits per heavy atom. The van der Waals surface area contributed by atoms with Crippen LogP contribution in [0.15, 0.2) is 53.3 Å². The molecule has 2 aromatic rings. The van der Waals surface area contributed by atoms with Gasteiger partial charge < -0.3 is 15.2 Å². The summed E-state index contributed by atoms with van der Waals surface area (Å²) in [5.74, 6) is 0.218. The van der Waals surface area contributed by atoms with Crippen molar-refractivity contribution >= 4 is 0 Å². The summed E-state index contributed by atoms with van der Waals surface area (Å²) in [5.41, 5.74) is 11.2. The zero-order valence-corrected chi connectivity index (χ0v) is 21.2. The molecule has 2 aromatic carbocycles. The van der Waals surface area contributed by atoms with E-state index in [2.05, 4.69) is 51.1 Å². The Hall–Kier alpha value is -4.21. The maximum atomic E-state index is 10.3.